The first-order valence-corrected chi connectivity index (χ1v) is 7.24. The van der Waals surface area contributed by atoms with Crippen LogP contribution in [-0.4, -0.2) is 24.8 Å². The Morgan fingerprint density at radius 3 is 1.58 bits per heavy atom. The Balaban J connectivity index is 2.08. The second-order valence-corrected chi connectivity index (χ2v) is 4.92. The average Bonchev–Trinajstić information content (AvgIpc) is 2.63. The highest BCUT2D eigenvalue weighted by atomic mass is 16.6. The monoisotopic (exact) mass is 353 g/mol. The lowest BCUT2D eigenvalue weighted by Gasteiger charge is -2.09. The van der Waals surface area contributed by atoms with Crippen LogP contribution >= 0.6 is 0 Å². The fourth-order valence-electron chi connectivity index (χ4n) is 2.07. The predicted molar refractivity (Wildman–Crippen MR) is 92.6 cm³/mol. The van der Waals surface area contributed by atoms with Crippen molar-refractivity contribution in [1.82, 2.24) is 15.0 Å². The van der Waals surface area contributed by atoms with Gasteiger partial charge in [0.25, 0.3) is 0 Å². The summed E-state index contributed by atoms with van der Waals surface area (Å²) in [6.45, 7) is 0. The highest BCUT2D eigenvalue weighted by Crippen LogP contribution is 2.35. The first-order chi connectivity index (χ1) is 12.5. The van der Waals surface area contributed by atoms with Crippen LogP contribution in [0.4, 0.5) is 34.6 Å². The van der Waals surface area contributed by atoms with Crippen molar-refractivity contribution in [1.29, 1.82) is 0 Å². The van der Waals surface area contributed by atoms with E-state index >= 15 is 0 Å². The van der Waals surface area contributed by atoms with E-state index < -0.39 is 21.2 Å². The highest BCUT2D eigenvalue weighted by molar-refractivity contribution is 5.74. The molecule has 0 saturated carbocycles. The van der Waals surface area contributed by atoms with Gasteiger partial charge in [0.2, 0.25) is 11.6 Å². The summed E-state index contributed by atoms with van der Waals surface area (Å²) in [4.78, 5) is 33.1. The van der Waals surface area contributed by atoms with Gasteiger partial charge >= 0.3 is 11.4 Å². The topological polar surface area (TPSA) is 149 Å². The SMILES string of the molecule is O=[N+]([O-])c1cc([N+](=O)[O-])c(Nc2ccccn2)nc1Nc1ccccn1. The summed E-state index contributed by atoms with van der Waals surface area (Å²) in [5.41, 5.74) is -1.09. The second kappa shape index (κ2) is 7.17. The molecule has 0 radical (unpaired) electrons. The highest BCUT2D eigenvalue weighted by Gasteiger charge is 2.27. The third-order valence-electron chi connectivity index (χ3n) is 3.20. The lowest BCUT2D eigenvalue weighted by atomic mass is 10.3. The summed E-state index contributed by atoms with van der Waals surface area (Å²) in [6.07, 6.45) is 2.99. The fraction of sp³-hybridized carbons (Fsp3) is 0. The zero-order valence-electron chi connectivity index (χ0n) is 13.1. The van der Waals surface area contributed by atoms with E-state index in [4.69, 9.17) is 0 Å². The largest absolute Gasteiger partial charge is 0.319 e. The van der Waals surface area contributed by atoms with Crippen molar-refractivity contribution in [3.05, 3.63) is 75.1 Å². The molecule has 11 heteroatoms. The summed E-state index contributed by atoms with van der Waals surface area (Å²) in [7, 11) is 0. The molecule has 3 heterocycles. The number of nitrogens with zero attached hydrogens (tertiary/aromatic N) is 5. The lowest BCUT2D eigenvalue weighted by Crippen LogP contribution is -2.07. The number of rotatable bonds is 6. The molecule has 0 aromatic carbocycles. The van der Waals surface area contributed by atoms with Crippen molar-refractivity contribution < 1.29 is 9.85 Å². The van der Waals surface area contributed by atoms with E-state index in [1.54, 1.807) is 36.4 Å². The number of anilines is 4. The van der Waals surface area contributed by atoms with Crippen LogP contribution in [0.25, 0.3) is 0 Å². The molecule has 3 aromatic rings. The van der Waals surface area contributed by atoms with Gasteiger partial charge in [0, 0.05) is 12.4 Å². The predicted octanol–water partition coefficient (Wildman–Crippen LogP) is 3.18. The van der Waals surface area contributed by atoms with Gasteiger partial charge in [-0.25, -0.2) is 9.97 Å². The van der Waals surface area contributed by atoms with Crippen molar-refractivity contribution in [3.8, 4) is 0 Å². The van der Waals surface area contributed by atoms with Crippen LogP contribution < -0.4 is 10.6 Å². The molecule has 0 unspecified atom stereocenters. The minimum atomic E-state index is -0.754. The van der Waals surface area contributed by atoms with Gasteiger partial charge in [-0.2, -0.15) is 4.98 Å². The molecule has 0 aliphatic heterocycles. The molecular weight excluding hydrogens is 342 g/mol. The summed E-state index contributed by atoms with van der Waals surface area (Å²) in [6, 6.07) is 10.7. The van der Waals surface area contributed by atoms with Gasteiger partial charge in [0.1, 0.15) is 17.7 Å². The second-order valence-electron chi connectivity index (χ2n) is 4.92. The Labute approximate surface area is 146 Å². The van der Waals surface area contributed by atoms with Crippen LogP contribution in [0.2, 0.25) is 0 Å². The molecular formula is C15H11N7O4. The molecule has 0 fully saturated rings. The number of pyridine rings is 3. The molecule has 0 spiro atoms. The molecule has 0 bridgehead atoms. The molecule has 0 aliphatic rings. The van der Waals surface area contributed by atoms with Crippen LogP contribution in [0.5, 0.6) is 0 Å². The fourth-order valence-corrected chi connectivity index (χ4v) is 2.07. The molecule has 3 aromatic heterocycles. The minimum Gasteiger partial charge on any atom is -0.319 e. The number of hydrogen-bond donors (Lipinski definition) is 2. The molecule has 0 amide bonds. The van der Waals surface area contributed by atoms with E-state index in [9.17, 15) is 20.2 Å². The molecule has 0 saturated heterocycles. The van der Waals surface area contributed by atoms with E-state index in [0.717, 1.165) is 6.07 Å². The van der Waals surface area contributed by atoms with Crippen molar-refractivity contribution in [2.45, 2.75) is 0 Å². The van der Waals surface area contributed by atoms with Gasteiger partial charge in [0.05, 0.1) is 9.85 Å². The average molecular weight is 353 g/mol. The van der Waals surface area contributed by atoms with Gasteiger partial charge < -0.3 is 10.6 Å². The lowest BCUT2D eigenvalue weighted by molar-refractivity contribution is -0.393. The number of nitro groups is 2. The van der Waals surface area contributed by atoms with Gasteiger partial charge in [-0.15, -0.1) is 0 Å². The maximum Gasteiger partial charge on any atom is 0.318 e. The third-order valence-corrected chi connectivity index (χ3v) is 3.20. The molecule has 2 N–H and O–H groups in total. The van der Waals surface area contributed by atoms with E-state index in [1.165, 1.54) is 12.4 Å². The van der Waals surface area contributed by atoms with Gasteiger partial charge in [0.15, 0.2) is 0 Å². The molecule has 26 heavy (non-hydrogen) atoms. The van der Waals surface area contributed by atoms with Crippen LogP contribution in [0.1, 0.15) is 0 Å². The Kier molecular flexibility index (Phi) is 4.60. The Morgan fingerprint density at radius 2 is 1.23 bits per heavy atom. The van der Waals surface area contributed by atoms with E-state index in [-0.39, 0.29) is 11.6 Å². The quantitative estimate of drug-likeness (QED) is 0.503. The summed E-state index contributed by atoms with van der Waals surface area (Å²) in [5, 5.41) is 28.0. The van der Waals surface area contributed by atoms with Crippen molar-refractivity contribution >= 4 is 34.6 Å². The normalized spacial score (nSPS) is 10.2. The van der Waals surface area contributed by atoms with Crippen molar-refractivity contribution in [2.24, 2.45) is 0 Å². The van der Waals surface area contributed by atoms with Gasteiger partial charge in [-0.05, 0) is 24.3 Å². The first-order valence-electron chi connectivity index (χ1n) is 7.24. The van der Waals surface area contributed by atoms with E-state index in [2.05, 4.69) is 25.6 Å². The standard InChI is InChI=1S/C15H11N7O4/c23-21(24)10-9-11(22(25)26)15(19-13-6-2-4-8-17-13)20-14(10)18-12-5-1-3-7-16-12/h1-9H,(H2,16,17,18,19,20). The van der Waals surface area contributed by atoms with Gasteiger partial charge in [-0.3, -0.25) is 20.2 Å². The maximum atomic E-state index is 11.3. The Morgan fingerprint density at radius 1 is 0.769 bits per heavy atom. The van der Waals surface area contributed by atoms with Crippen molar-refractivity contribution in [3.63, 3.8) is 0 Å². The smallest absolute Gasteiger partial charge is 0.318 e. The zero-order chi connectivity index (χ0) is 18.5. The van der Waals surface area contributed by atoms with Gasteiger partial charge in [-0.1, -0.05) is 12.1 Å². The summed E-state index contributed by atoms with van der Waals surface area (Å²) in [5.74, 6) is 0.247. The molecule has 0 aliphatic carbocycles. The maximum absolute atomic E-state index is 11.3. The minimum absolute atomic E-state index is 0.183. The summed E-state index contributed by atoms with van der Waals surface area (Å²) >= 11 is 0. The third kappa shape index (κ3) is 3.67. The molecule has 11 nitrogen and oxygen atoms in total. The number of aromatic nitrogens is 3. The van der Waals surface area contributed by atoms with Crippen LogP contribution in [-0.2, 0) is 0 Å². The Hall–Kier alpha value is -4.15. The molecule has 0 atom stereocenters. The Bertz CT molecular complexity index is 876. The molecule has 3 rings (SSSR count). The van der Waals surface area contributed by atoms with Crippen LogP contribution in [0, 0.1) is 20.2 Å². The van der Waals surface area contributed by atoms with E-state index in [1.807, 2.05) is 0 Å². The van der Waals surface area contributed by atoms with Crippen LogP contribution in [0.3, 0.4) is 0 Å². The zero-order valence-corrected chi connectivity index (χ0v) is 13.1. The van der Waals surface area contributed by atoms with Crippen LogP contribution in [0.15, 0.2) is 54.9 Å². The number of nitrogens with one attached hydrogen (secondary N) is 2. The van der Waals surface area contributed by atoms with E-state index in [0.29, 0.717) is 11.6 Å². The van der Waals surface area contributed by atoms with Crippen molar-refractivity contribution in [2.75, 3.05) is 10.6 Å². The first kappa shape index (κ1) is 16.7. The number of hydrogen-bond acceptors (Lipinski definition) is 9. The summed E-state index contributed by atoms with van der Waals surface area (Å²) < 4.78 is 0. The molecule has 130 valence electrons.